The van der Waals surface area contributed by atoms with Gasteiger partial charge in [0.2, 0.25) is 11.9 Å². The summed E-state index contributed by atoms with van der Waals surface area (Å²) in [6.07, 6.45) is 1.50. The average Bonchev–Trinajstić information content (AvgIpc) is 2.81. The summed E-state index contributed by atoms with van der Waals surface area (Å²) >= 11 is 0. The number of carbonyl (C=O) groups excluding carboxylic acids is 1. The van der Waals surface area contributed by atoms with Gasteiger partial charge >= 0.3 is 0 Å². The number of hydrogen-bond donors (Lipinski definition) is 1. The highest BCUT2D eigenvalue weighted by Crippen LogP contribution is 2.29. The standard InChI is InChI=1S/C23H25N5O3/c1-17(29)25-19-10-8-18(9-11-19)21-12-13-24-23(26-21)28(20-6-4-3-5-7-20)27-14-15-31-16-22(27)30-2/h3-13,22H,14-16H2,1-2H3,(H,25,29). The molecule has 1 saturated heterocycles. The molecule has 8 nitrogen and oxygen atoms in total. The van der Waals surface area contributed by atoms with Gasteiger partial charge < -0.3 is 14.8 Å². The summed E-state index contributed by atoms with van der Waals surface area (Å²) in [7, 11) is 1.67. The maximum Gasteiger partial charge on any atom is 0.245 e. The van der Waals surface area contributed by atoms with Gasteiger partial charge in [-0.3, -0.25) is 4.79 Å². The molecule has 31 heavy (non-hydrogen) atoms. The summed E-state index contributed by atoms with van der Waals surface area (Å²) in [6.45, 7) is 3.19. The van der Waals surface area contributed by atoms with Crippen LogP contribution < -0.4 is 10.3 Å². The molecule has 1 aliphatic rings. The molecule has 0 saturated carbocycles. The Kier molecular flexibility index (Phi) is 6.51. The van der Waals surface area contributed by atoms with E-state index >= 15 is 0 Å². The Morgan fingerprint density at radius 3 is 2.65 bits per heavy atom. The minimum absolute atomic E-state index is 0.103. The van der Waals surface area contributed by atoms with Crippen LogP contribution in [0.15, 0.2) is 66.9 Å². The van der Waals surface area contributed by atoms with Gasteiger partial charge in [0, 0.05) is 38.0 Å². The fraction of sp³-hybridized carbons (Fsp3) is 0.261. The maximum atomic E-state index is 11.3. The van der Waals surface area contributed by atoms with Gasteiger partial charge in [-0.15, -0.1) is 0 Å². The molecule has 1 aromatic heterocycles. The molecule has 0 bridgehead atoms. The average molecular weight is 419 g/mol. The molecule has 1 amide bonds. The molecule has 2 heterocycles. The molecule has 1 atom stereocenters. The van der Waals surface area contributed by atoms with Gasteiger partial charge in [0.15, 0.2) is 6.23 Å². The van der Waals surface area contributed by atoms with Gasteiger partial charge in [-0.25, -0.2) is 15.0 Å². The molecular weight excluding hydrogens is 394 g/mol. The third kappa shape index (κ3) is 4.88. The van der Waals surface area contributed by atoms with Crippen molar-refractivity contribution in [2.75, 3.05) is 37.2 Å². The van der Waals surface area contributed by atoms with Gasteiger partial charge in [-0.05, 0) is 30.3 Å². The highest BCUT2D eigenvalue weighted by Gasteiger charge is 2.31. The fourth-order valence-electron chi connectivity index (χ4n) is 3.48. The molecule has 1 unspecified atom stereocenters. The molecule has 4 rings (SSSR count). The topological polar surface area (TPSA) is 79.8 Å². The summed E-state index contributed by atoms with van der Waals surface area (Å²) in [5, 5.41) is 6.84. The highest BCUT2D eigenvalue weighted by molar-refractivity contribution is 5.88. The van der Waals surface area contributed by atoms with E-state index in [0.717, 1.165) is 22.6 Å². The van der Waals surface area contributed by atoms with Crippen LogP contribution in [-0.2, 0) is 14.3 Å². The van der Waals surface area contributed by atoms with Crippen LogP contribution in [0, 0.1) is 0 Å². The van der Waals surface area contributed by atoms with Crippen LogP contribution in [0.2, 0.25) is 0 Å². The first-order valence-electron chi connectivity index (χ1n) is 10.1. The Morgan fingerprint density at radius 1 is 1.16 bits per heavy atom. The maximum absolute atomic E-state index is 11.3. The van der Waals surface area contributed by atoms with E-state index in [-0.39, 0.29) is 12.1 Å². The van der Waals surface area contributed by atoms with E-state index in [4.69, 9.17) is 14.5 Å². The Balaban J connectivity index is 1.70. The van der Waals surface area contributed by atoms with Crippen LogP contribution >= 0.6 is 0 Å². The molecule has 0 spiro atoms. The van der Waals surface area contributed by atoms with Gasteiger partial charge in [0.25, 0.3) is 0 Å². The molecule has 2 aromatic carbocycles. The first kappa shape index (κ1) is 20.9. The first-order chi connectivity index (χ1) is 15.2. The van der Waals surface area contributed by atoms with Crippen LogP contribution in [0.3, 0.4) is 0 Å². The molecule has 8 heteroatoms. The lowest BCUT2D eigenvalue weighted by Crippen LogP contribution is -2.54. The summed E-state index contributed by atoms with van der Waals surface area (Å²) in [5.41, 5.74) is 3.39. The van der Waals surface area contributed by atoms with Crippen molar-refractivity contribution in [1.29, 1.82) is 0 Å². The lowest BCUT2D eigenvalue weighted by atomic mass is 10.1. The van der Waals surface area contributed by atoms with E-state index in [9.17, 15) is 4.79 Å². The van der Waals surface area contributed by atoms with Crippen molar-refractivity contribution in [3.8, 4) is 11.3 Å². The molecule has 1 N–H and O–H groups in total. The smallest absolute Gasteiger partial charge is 0.245 e. The second-order valence-electron chi connectivity index (χ2n) is 7.08. The Morgan fingerprint density at radius 2 is 1.94 bits per heavy atom. The van der Waals surface area contributed by atoms with Crippen LogP contribution in [0.25, 0.3) is 11.3 Å². The summed E-state index contributed by atoms with van der Waals surface area (Å²) in [4.78, 5) is 20.7. The lowest BCUT2D eigenvalue weighted by Gasteiger charge is -2.41. The van der Waals surface area contributed by atoms with Crippen molar-refractivity contribution in [3.05, 3.63) is 66.9 Å². The van der Waals surface area contributed by atoms with E-state index in [2.05, 4.69) is 15.3 Å². The number of nitrogens with one attached hydrogen (secondary N) is 1. The number of amides is 1. The number of methoxy groups -OCH3 is 1. The summed E-state index contributed by atoms with van der Waals surface area (Å²) in [5.74, 6) is 0.437. The second kappa shape index (κ2) is 9.65. The van der Waals surface area contributed by atoms with Crippen molar-refractivity contribution in [2.45, 2.75) is 13.2 Å². The molecule has 160 valence electrons. The van der Waals surface area contributed by atoms with Crippen molar-refractivity contribution < 1.29 is 14.3 Å². The molecule has 3 aromatic rings. The van der Waals surface area contributed by atoms with Gasteiger partial charge in [-0.1, -0.05) is 30.3 Å². The highest BCUT2D eigenvalue weighted by atomic mass is 16.5. The number of nitrogens with zero attached hydrogens (tertiary/aromatic N) is 4. The third-order valence-electron chi connectivity index (χ3n) is 4.92. The number of carbonyl (C=O) groups is 1. The van der Waals surface area contributed by atoms with Gasteiger partial charge in [0.1, 0.15) is 0 Å². The normalized spacial score (nSPS) is 16.6. The number of anilines is 3. The van der Waals surface area contributed by atoms with Gasteiger partial charge in [0.05, 0.1) is 24.6 Å². The lowest BCUT2D eigenvalue weighted by molar-refractivity contribution is -0.124. The Labute approximate surface area is 181 Å². The molecule has 1 fully saturated rings. The SMILES string of the molecule is COC1COCCN1N(c1ccccc1)c1nccc(-c2ccc(NC(C)=O)cc2)n1. The van der Waals surface area contributed by atoms with E-state index in [1.807, 2.05) is 65.7 Å². The number of benzene rings is 2. The minimum Gasteiger partial charge on any atom is -0.376 e. The van der Waals surface area contributed by atoms with E-state index in [1.165, 1.54) is 6.92 Å². The zero-order chi connectivity index (χ0) is 21.6. The number of ether oxygens (including phenoxy) is 2. The predicted octanol–water partition coefficient (Wildman–Crippen LogP) is 3.46. The zero-order valence-electron chi connectivity index (χ0n) is 17.6. The van der Waals surface area contributed by atoms with Crippen molar-refractivity contribution >= 4 is 23.2 Å². The monoisotopic (exact) mass is 419 g/mol. The zero-order valence-corrected chi connectivity index (χ0v) is 17.6. The minimum atomic E-state index is -0.252. The number of hydrazine groups is 1. The number of morpholine rings is 1. The third-order valence-corrected chi connectivity index (χ3v) is 4.92. The number of para-hydroxylation sites is 1. The fourth-order valence-corrected chi connectivity index (χ4v) is 3.48. The van der Waals surface area contributed by atoms with Crippen molar-refractivity contribution in [1.82, 2.24) is 15.0 Å². The molecular formula is C23H25N5O3. The van der Waals surface area contributed by atoms with Crippen molar-refractivity contribution in [2.24, 2.45) is 0 Å². The van der Waals surface area contributed by atoms with Crippen molar-refractivity contribution in [3.63, 3.8) is 0 Å². The van der Waals surface area contributed by atoms with E-state index < -0.39 is 0 Å². The van der Waals surface area contributed by atoms with Crippen LogP contribution in [0.5, 0.6) is 0 Å². The molecule has 0 aliphatic carbocycles. The summed E-state index contributed by atoms with van der Waals surface area (Å²) in [6, 6.07) is 19.4. The first-order valence-corrected chi connectivity index (χ1v) is 10.1. The molecule has 0 radical (unpaired) electrons. The van der Waals surface area contributed by atoms with E-state index in [1.54, 1.807) is 13.3 Å². The van der Waals surface area contributed by atoms with Gasteiger partial charge in [-0.2, -0.15) is 5.01 Å². The number of rotatable bonds is 6. The largest absolute Gasteiger partial charge is 0.376 e. The number of aromatic nitrogens is 2. The molecule has 1 aliphatic heterocycles. The van der Waals surface area contributed by atoms with Crippen LogP contribution in [-0.4, -0.2) is 54.0 Å². The number of hydrogen-bond acceptors (Lipinski definition) is 7. The second-order valence-corrected chi connectivity index (χ2v) is 7.08. The summed E-state index contributed by atoms with van der Waals surface area (Å²) < 4.78 is 11.2. The van der Waals surface area contributed by atoms with Crippen LogP contribution in [0.4, 0.5) is 17.3 Å². The Hall–Kier alpha value is -3.33. The predicted molar refractivity (Wildman–Crippen MR) is 119 cm³/mol. The quantitative estimate of drug-likeness (QED) is 0.655. The Bertz CT molecular complexity index is 1010. The van der Waals surface area contributed by atoms with E-state index in [0.29, 0.717) is 25.7 Å². The van der Waals surface area contributed by atoms with Crippen LogP contribution in [0.1, 0.15) is 6.92 Å².